The van der Waals surface area contributed by atoms with Gasteiger partial charge in [-0.05, 0) is 23.1 Å². The van der Waals surface area contributed by atoms with Crippen LogP contribution in [0.25, 0.3) is 10.1 Å². The summed E-state index contributed by atoms with van der Waals surface area (Å²) in [5.41, 5.74) is 0.904. The number of aliphatic hydroxyl groups excluding tert-OH is 1. The van der Waals surface area contributed by atoms with Crippen molar-refractivity contribution in [2.45, 2.75) is 12.6 Å². The second-order valence-corrected chi connectivity index (χ2v) is 9.75. The maximum atomic E-state index is 12.2. The molecule has 9 heteroatoms. The third-order valence-electron chi connectivity index (χ3n) is 4.46. The van der Waals surface area contributed by atoms with Crippen LogP contribution in [0, 0.1) is 0 Å². The zero-order valence-corrected chi connectivity index (χ0v) is 18.3. The molecule has 0 aliphatic heterocycles. The normalized spacial score (nSPS) is 13.3. The van der Waals surface area contributed by atoms with E-state index in [1.807, 2.05) is 60.7 Å². The highest BCUT2D eigenvalue weighted by atomic mass is 32.2. The van der Waals surface area contributed by atoms with E-state index in [9.17, 15) is 13.5 Å². The van der Waals surface area contributed by atoms with E-state index in [0.717, 1.165) is 20.5 Å². The summed E-state index contributed by atoms with van der Waals surface area (Å²) in [6, 6.07) is 19.3. The molecule has 3 aromatic rings. The molecule has 1 atom stereocenters. The Morgan fingerprint density at radius 3 is 2.57 bits per heavy atom. The Bertz CT molecular complexity index is 1050. The van der Waals surface area contributed by atoms with E-state index in [4.69, 9.17) is 0 Å². The number of fused-ring (bicyclic) bond motifs is 1. The lowest BCUT2D eigenvalue weighted by atomic mass is 10.2. The van der Waals surface area contributed by atoms with Crippen molar-refractivity contribution in [2.24, 2.45) is 4.99 Å². The number of rotatable bonds is 9. The Morgan fingerprint density at radius 2 is 1.83 bits per heavy atom. The van der Waals surface area contributed by atoms with Crippen molar-refractivity contribution < 1.29 is 13.5 Å². The van der Waals surface area contributed by atoms with Crippen LogP contribution in [0.2, 0.25) is 0 Å². The van der Waals surface area contributed by atoms with E-state index in [2.05, 4.69) is 20.3 Å². The highest BCUT2D eigenvalue weighted by Crippen LogP contribution is 2.29. The van der Waals surface area contributed by atoms with Gasteiger partial charge < -0.3 is 15.7 Å². The monoisotopic (exact) mass is 446 g/mol. The number of hydrogen-bond acceptors (Lipinski definition) is 5. The lowest BCUT2D eigenvalue weighted by molar-refractivity contribution is 0.184. The van der Waals surface area contributed by atoms with Gasteiger partial charge in [0.1, 0.15) is 6.10 Å². The largest absolute Gasteiger partial charge is 0.386 e. The SMILES string of the molecule is CN=C(NCCS(=O)(=O)NCc1ccccc1)NCC(O)c1cc2ccccc2s1. The van der Waals surface area contributed by atoms with Crippen LogP contribution >= 0.6 is 11.3 Å². The molecule has 0 spiro atoms. The lowest BCUT2D eigenvalue weighted by Crippen LogP contribution is -2.42. The molecule has 0 saturated carbocycles. The number of sulfonamides is 1. The average Bonchev–Trinajstić information content (AvgIpc) is 3.20. The van der Waals surface area contributed by atoms with Gasteiger partial charge >= 0.3 is 0 Å². The van der Waals surface area contributed by atoms with E-state index in [-0.39, 0.29) is 25.4 Å². The minimum atomic E-state index is -3.42. The smallest absolute Gasteiger partial charge is 0.213 e. The van der Waals surface area contributed by atoms with E-state index in [1.54, 1.807) is 18.4 Å². The van der Waals surface area contributed by atoms with Crippen molar-refractivity contribution in [2.75, 3.05) is 25.9 Å². The van der Waals surface area contributed by atoms with Crippen molar-refractivity contribution in [3.05, 3.63) is 71.1 Å². The van der Waals surface area contributed by atoms with Crippen molar-refractivity contribution in [3.8, 4) is 0 Å². The van der Waals surface area contributed by atoms with Gasteiger partial charge in [-0.25, -0.2) is 13.1 Å². The Labute approximate surface area is 180 Å². The molecule has 7 nitrogen and oxygen atoms in total. The molecule has 0 aliphatic carbocycles. The predicted octanol–water partition coefficient (Wildman–Crippen LogP) is 2.22. The van der Waals surface area contributed by atoms with Crippen molar-refractivity contribution in [3.63, 3.8) is 0 Å². The zero-order chi connectivity index (χ0) is 21.4. The number of nitrogens with zero attached hydrogens (tertiary/aromatic N) is 1. The van der Waals surface area contributed by atoms with Crippen molar-refractivity contribution in [1.82, 2.24) is 15.4 Å². The fourth-order valence-corrected chi connectivity index (χ4v) is 4.80. The van der Waals surface area contributed by atoms with Crippen LogP contribution in [0.1, 0.15) is 16.5 Å². The van der Waals surface area contributed by atoms with Crippen molar-refractivity contribution >= 4 is 37.4 Å². The molecule has 0 saturated heterocycles. The fraction of sp³-hybridized carbons (Fsp3) is 0.286. The first kappa shape index (κ1) is 22.2. The van der Waals surface area contributed by atoms with Crippen LogP contribution in [0.4, 0.5) is 0 Å². The molecule has 30 heavy (non-hydrogen) atoms. The third-order valence-corrected chi connectivity index (χ3v) is 7.00. The summed E-state index contributed by atoms with van der Waals surface area (Å²) in [4.78, 5) is 4.95. The van der Waals surface area contributed by atoms with Crippen LogP contribution < -0.4 is 15.4 Å². The van der Waals surface area contributed by atoms with Crippen LogP contribution in [-0.2, 0) is 16.6 Å². The molecule has 0 aliphatic rings. The molecule has 1 heterocycles. The predicted molar refractivity (Wildman–Crippen MR) is 123 cm³/mol. The molecule has 0 amide bonds. The molecule has 1 aromatic heterocycles. The summed E-state index contributed by atoms with van der Waals surface area (Å²) >= 11 is 1.55. The van der Waals surface area contributed by atoms with Gasteiger partial charge in [0.25, 0.3) is 0 Å². The molecule has 0 fully saturated rings. The van der Waals surface area contributed by atoms with Crippen LogP contribution in [0.5, 0.6) is 0 Å². The van der Waals surface area contributed by atoms with Gasteiger partial charge in [-0.2, -0.15) is 0 Å². The molecule has 4 N–H and O–H groups in total. The number of aliphatic hydroxyl groups is 1. The van der Waals surface area contributed by atoms with Gasteiger partial charge in [0, 0.05) is 36.3 Å². The van der Waals surface area contributed by atoms with Crippen molar-refractivity contribution in [1.29, 1.82) is 0 Å². The molecule has 0 bridgehead atoms. The van der Waals surface area contributed by atoms with Gasteiger partial charge in [0.15, 0.2) is 5.96 Å². The van der Waals surface area contributed by atoms with Gasteiger partial charge in [-0.15, -0.1) is 11.3 Å². The maximum absolute atomic E-state index is 12.2. The molecular weight excluding hydrogens is 420 g/mol. The molecular formula is C21H26N4O3S2. The molecule has 1 unspecified atom stereocenters. The van der Waals surface area contributed by atoms with Crippen LogP contribution in [0.3, 0.4) is 0 Å². The highest BCUT2D eigenvalue weighted by molar-refractivity contribution is 7.89. The number of nitrogens with one attached hydrogen (secondary N) is 3. The van der Waals surface area contributed by atoms with Gasteiger partial charge in [0.05, 0.1) is 5.75 Å². The summed E-state index contributed by atoms with van der Waals surface area (Å²) in [7, 11) is -1.82. The molecule has 0 radical (unpaired) electrons. The first-order valence-electron chi connectivity index (χ1n) is 9.59. The van der Waals surface area contributed by atoms with Gasteiger partial charge in [-0.1, -0.05) is 48.5 Å². The summed E-state index contributed by atoms with van der Waals surface area (Å²) in [5.74, 6) is 0.354. The van der Waals surface area contributed by atoms with Crippen LogP contribution in [0.15, 0.2) is 65.7 Å². The topological polar surface area (TPSA) is 103 Å². The molecule has 2 aromatic carbocycles. The summed E-state index contributed by atoms with van der Waals surface area (Å²) in [6.07, 6.45) is -0.683. The number of benzene rings is 2. The third kappa shape index (κ3) is 6.53. The Morgan fingerprint density at radius 1 is 1.10 bits per heavy atom. The van der Waals surface area contributed by atoms with Gasteiger partial charge in [0.2, 0.25) is 10.0 Å². The lowest BCUT2D eigenvalue weighted by Gasteiger charge is -2.15. The van der Waals surface area contributed by atoms with E-state index in [0.29, 0.717) is 5.96 Å². The molecule has 160 valence electrons. The first-order chi connectivity index (χ1) is 14.5. The maximum Gasteiger partial charge on any atom is 0.213 e. The standard InChI is InChI=1S/C21H26N4O3S2/c1-22-21(23-11-12-30(27,28)25-14-16-7-3-2-4-8-16)24-15-18(26)20-13-17-9-5-6-10-19(17)29-20/h2-10,13,18,25-26H,11-12,14-15H2,1H3,(H2,22,23,24). The van der Waals surface area contributed by atoms with E-state index < -0.39 is 16.1 Å². The number of guanidine groups is 1. The quantitative estimate of drug-likeness (QED) is 0.298. The molecule has 3 rings (SSSR count). The van der Waals surface area contributed by atoms with E-state index in [1.165, 1.54) is 0 Å². The minimum Gasteiger partial charge on any atom is -0.386 e. The number of aliphatic imine (C=N–C) groups is 1. The van der Waals surface area contributed by atoms with Crippen LogP contribution in [-0.4, -0.2) is 45.4 Å². The zero-order valence-electron chi connectivity index (χ0n) is 16.7. The number of hydrogen-bond donors (Lipinski definition) is 4. The Kier molecular flexibility index (Phi) is 7.81. The minimum absolute atomic E-state index is 0.0839. The Hall–Kier alpha value is -2.46. The summed E-state index contributed by atoms with van der Waals surface area (Å²) < 4.78 is 28.0. The fourth-order valence-electron chi connectivity index (χ4n) is 2.85. The highest BCUT2D eigenvalue weighted by Gasteiger charge is 2.13. The Balaban J connectivity index is 1.42. The second-order valence-electron chi connectivity index (χ2n) is 6.71. The average molecular weight is 447 g/mol. The summed E-state index contributed by atoms with van der Waals surface area (Å²) in [5, 5.41) is 17.6. The second kappa shape index (κ2) is 10.5. The number of thiophene rings is 1. The van der Waals surface area contributed by atoms with E-state index >= 15 is 0 Å². The summed E-state index contributed by atoms with van der Waals surface area (Å²) in [6.45, 7) is 0.728. The van der Waals surface area contributed by atoms with Gasteiger partial charge in [-0.3, -0.25) is 4.99 Å². The first-order valence-corrected chi connectivity index (χ1v) is 12.1.